The van der Waals surface area contributed by atoms with E-state index in [4.69, 9.17) is 18.6 Å². The Hall–Kier alpha value is -0.760. The Balaban J connectivity index is 0.00000288. The van der Waals surface area contributed by atoms with Crippen molar-refractivity contribution in [3.8, 4) is 0 Å². The first-order chi connectivity index (χ1) is 10.6. The van der Waals surface area contributed by atoms with Crippen molar-refractivity contribution in [1.82, 2.24) is 0 Å². The molecule has 0 aliphatic carbocycles. The normalized spacial score (nSPS) is 26.4. The molecule has 0 saturated carbocycles. The van der Waals surface area contributed by atoms with Gasteiger partial charge >= 0.3 is 34.1 Å². The number of esters is 1. The van der Waals surface area contributed by atoms with Gasteiger partial charge in [0.1, 0.15) is 0 Å². The quantitative estimate of drug-likeness (QED) is 0.235. The average molecular weight is 432 g/mol. The van der Waals surface area contributed by atoms with Crippen LogP contribution in [0, 0.1) is 6.08 Å². The molecule has 2 aliphatic rings. The average Bonchev–Trinajstić information content (AvgIpc) is 2.91. The zero-order chi connectivity index (χ0) is 17.3. The second kappa shape index (κ2) is 8.08. The summed E-state index contributed by atoms with van der Waals surface area (Å²) in [5.41, 5.74) is -0.934. The number of ketones is 1. The van der Waals surface area contributed by atoms with E-state index in [0.717, 1.165) is 0 Å². The molecular weight excluding hydrogens is 408 g/mol. The third-order valence-corrected chi connectivity index (χ3v) is 3.50. The molecule has 2 atom stereocenters. The van der Waals surface area contributed by atoms with Gasteiger partial charge in [-0.15, -0.1) is 6.08 Å². The van der Waals surface area contributed by atoms with Gasteiger partial charge in [-0.05, 0) is 34.1 Å². The molecule has 6 nitrogen and oxygen atoms in total. The van der Waals surface area contributed by atoms with E-state index >= 15 is 0 Å². The van der Waals surface area contributed by atoms with E-state index in [9.17, 15) is 9.90 Å². The van der Waals surface area contributed by atoms with Crippen LogP contribution in [0.4, 0.5) is 0 Å². The number of hydrogen-bond acceptors (Lipinski definition) is 5. The van der Waals surface area contributed by atoms with Crippen molar-refractivity contribution in [2.45, 2.75) is 58.5 Å². The Morgan fingerprint density at radius 3 is 2.79 bits per heavy atom. The smallest absolute Gasteiger partial charge is 0.463 e. The summed E-state index contributed by atoms with van der Waals surface area (Å²) in [5, 5.41) is 10.5. The van der Waals surface area contributed by atoms with Gasteiger partial charge in [0.2, 0.25) is 0 Å². The fourth-order valence-corrected chi connectivity index (χ4v) is 2.58. The molecular formula is C17H24AgO6+. The van der Waals surface area contributed by atoms with Gasteiger partial charge < -0.3 is 19.3 Å². The zero-order valence-corrected chi connectivity index (χ0v) is 16.0. The second-order valence-corrected chi connectivity index (χ2v) is 6.35. The summed E-state index contributed by atoms with van der Waals surface area (Å²) >= 11 is 0. The molecule has 0 aromatic rings. The van der Waals surface area contributed by atoms with E-state index in [1.54, 1.807) is 20.8 Å². The van der Waals surface area contributed by atoms with E-state index in [0.29, 0.717) is 36.8 Å². The summed E-state index contributed by atoms with van der Waals surface area (Å²) in [6.45, 7) is 9.39. The molecule has 0 amide bonds. The minimum absolute atomic E-state index is 0. The fourth-order valence-electron chi connectivity index (χ4n) is 2.58. The Morgan fingerprint density at radius 2 is 2.25 bits per heavy atom. The zero-order valence-electron chi connectivity index (χ0n) is 14.6. The van der Waals surface area contributed by atoms with Crippen LogP contribution in [0.25, 0.3) is 0 Å². The maximum atomic E-state index is 11.8. The van der Waals surface area contributed by atoms with Crippen LogP contribution >= 0.6 is 0 Å². The molecule has 0 aromatic heterocycles. The standard InChI is InChI=1S/C17H24O6.Ag/c1-6-20-15(18)14-7-12(22-11(14)2)8-17(5,19)9-13-10-21-16(3,4)23-13;/h7,13,19H,6,9-10H2,1-5H3;/q;+1/t13-,17-;/m0./s1. The number of allylic oxidation sites excluding steroid dienone is 1. The van der Waals surface area contributed by atoms with E-state index in [1.807, 2.05) is 13.8 Å². The van der Waals surface area contributed by atoms with Gasteiger partial charge in [0.15, 0.2) is 11.5 Å². The predicted octanol–water partition coefficient (Wildman–Crippen LogP) is 1.59. The molecule has 24 heavy (non-hydrogen) atoms. The van der Waals surface area contributed by atoms with Crippen LogP contribution in [0.1, 0.15) is 41.0 Å². The minimum Gasteiger partial charge on any atom is -0.463 e. The van der Waals surface area contributed by atoms with Gasteiger partial charge in [0, 0.05) is 5.60 Å². The van der Waals surface area contributed by atoms with Crippen LogP contribution in [0.3, 0.4) is 0 Å². The van der Waals surface area contributed by atoms with Gasteiger partial charge in [-0.2, -0.15) is 0 Å². The van der Waals surface area contributed by atoms with Crippen molar-refractivity contribution < 1.29 is 50.9 Å². The van der Waals surface area contributed by atoms with Crippen LogP contribution in [0.2, 0.25) is 0 Å². The number of rotatable bonds is 5. The van der Waals surface area contributed by atoms with Gasteiger partial charge in [-0.1, -0.05) is 6.08 Å². The summed E-state index contributed by atoms with van der Waals surface area (Å²) in [7, 11) is 0. The SMILES string of the molecule is CCOC(=O)C1=CC(=[C-][C@](C)(O)C[C@H]2COC(C)(C)O2)[O+]=C1C.[Ag+]. The summed E-state index contributed by atoms with van der Waals surface area (Å²) in [5.74, 6) is -0.355. The summed E-state index contributed by atoms with van der Waals surface area (Å²) in [4.78, 5) is 11.8. The molecule has 2 rings (SSSR count). The molecule has 0 radical (unpaired) electrons. The van der Waals surface area contributed by atoms with Crippen LogP contribution < -0.4 is 0 Å². The molecule has 0 bridgehead atoms. The fraction of sp³-hybridized carbons (Fsp3) is 0.647. The van der Waals surface area contributed by atoms with Crippen molar-refractivity contribution >= 4 is 11.8 Å². The number of carbonyl (C=O) groups is 1. The van der Waals surface area contributed by atoms with Crippen molar-refractivity contribution in [3.05, 3.63) is 23.5 Å². The monoisotopic (exact) mass is 431 g/mol. The van der Waals surface area contributed by atoms with Gasteiger partial charge in [0.25, 0.3) is 0 Å². The third-order valence-electron chi connectivity index (χ3n) is 3.50. The first kappa shape index (κ1) is 21.3. The van der Waals surface area contributed by atoms with E-state index in [1.165, 1.54) is 6.08 Å². The molecule has 0 aromatic carbocycles. The van der Waals surface area contributed by atoms with Gasteiger partial charge in [-0.3, -0.25) is 4.42 Å². The number of carbonyl (C=O) groups excluding carboxylic acids is 2. The number of aliphatic hydroxyl groups is 1. The minimum atomic E-state index is -1.27. The van der Waals surface area contributed by atoms with Crippen molar-refractivity contribution in [2.24, 2.45) is 0 Å². The van der Waals surface area contributed by atoms with Crippen molar-refractivity contribution in [2.75, 3.05) is 13.2 Å². The van der Waals surface area contributed by atoms with E-state index in [-0.39, 0.29) is 28.5 Å². The van der Waals surface area contributed by atoms with Gasteiger partial charge in [-0.25, -0.2) is 4.79 Å². The topological polar surface area (TPSA) is 76.3 Å². The van der Waals surface area contributed by atoms with Crippen molar-refractivity contribution in [3.63, 3.8) is 0 Å². The van der Waals surface area contributed by atoms with E-state index < -0.39 is 17.4 Å². The van der Waals surface area contributed by atoms with Crippen LogP contribution in [0.15, 0.2) is 17.4 Å². The summed E-state index contributed by atoms with van der Waals surface area (Å²) in [6, 6.07) is 0. The molecule has 2 heterocycles. The molecule has 1 saturated heterocycles. The second-order valence-electron chi connectivity index (χ2n) is 6.35. The van der Waals surface area contributed by atoms with Crippen LogP contribution in [-0.2, 0) is 45.8 Å². The molecule has 2 aliphatic heterocycles. The number of hydrogen-bond donors (Lipinski definition) is 1. The molecule has 0 unspecified atom stereocenters. The predicted molar refractivity (Wildman–Crippen MR) is 82.3 cm³/mol. The number of ether oxygens (including phenoxy) is 3. The maximum absolute atomic E-state index is 11.8. The Kier molecular flexibility index (Phi) is 7.16. The first-order valence-electron chi connectivity index (χ1n) is 7.72. The summed E-state index contributed by atoms with van der Waals surface area (Å²) < 4.78 is 21.6. The van der Waals surface area contributed by atoms with Gasteiger partial charge in [0.05, 0.1) is 31.8 Å². The molecule has 1 fully saturated rings. The Labute approximate surface area is 158 Å². The Morgan fingerprint density at radius 1 is 1.58 bits per heavy atom. The van der Waals surface area contributed by atoms with Crippen LogP contribution in [0.5, 0.6) is 0 Å². The Bertz CT molecular complexity index is 574. The van der Waals surface area contributed by atoms with E-state index in [2.05, 4.69) is 6.08 Å². The molecule has 1 N–H and O–H groups in total. The largest absolute Gasteiger partial charge is 1.00 e. The molecule has 7 heteroatoms. The van der Waals surface area contributed by atoms with Crippen LogP contribution in [-0.4, -0.2) is 47.6 Å². The molecule has 138 valence electrons. The first-order valence-corrected chi connectivity index (χ1v) is 7.72. The third kappa shape index (κ3) is 5.65. The maximum Gasteiger partial charge on any atom is 1.00 e. The molecule has 0 spiro atoms. The summed E-state index contributed by atoms with van der Waals surface area (Å²) in [6.07, 6.45) is 4.48. The van der Waals surface area contributed by atoms with Crippen molar-refractivity contribution in [1.29, 1.82) is 0 Å².